The van der Waals surface area contributed by atoms with Crippen LogP contribution in [0.25, 0.3) is 0 Å². The van der Waals surface area contributed by atoms with E-state index in [1.807, 2.05) is 0 Å². The monoisotopic (exact) mass is 686 g/mol. The van der Waals surface area contributed by atoms with E-state index in [0.29, 0.717) is 0 Å². The van der Waals surface area contributed by atoms with E-state index in [-0.39, 0.29) is 21.1 Å². The minimum absolute atomic E-state index is 0. The molecule has 0 amide bonds. The van der Waals surface area contributed by atoms with Gasteiger partial charge in [0.2, 0.25) is 0 Å². The fourth-order valence-electron chi connectivity index (χ4n) is 1.38. The number of carboxylic acid groups (broad SMARTS) is 4. The van der Waals surface area contributed by atoms with Crippen LogP contribution in [0.1, 0.15) is 0 Å². The van der Waals surface area contributed by atoms with Crippen LogP contribution >= 0.6 is 86.4 Å². The van der Waals surface area contributed by atoms with Crippen LogP contribution in [0.4, 0.5) is 0 Å². The predicted octanol–water partition coefficient (Wildman–Crippen LogP) is 0.0519. The number of hydrogen-bond acceptors (Lipinski definition) is 16. The Hall–Kier alpha value is 0.328. The van der Waals surface area contributed by atoms with Crippen LogP contribution in [0.3, 0.4) is 0 Å². The van der Waals surface area contributed by atoms with Crippen LogP contribution in [0.5, 0.6) is 0 Å². The maximum absolute atomic E-state index is 10.0. The molecular formula is C16H12MoO8S8. The van der Waals surface area contributed by atoms with Gasteiger partial charge in [-0.3, -0.25) is 0 Å². The second-order valence-electron chi connectivity index (χ2n) is 5.04. The van der Waals surface area contributed by atoms with Crippen molar-refractivity contribution in [1.82, 2.24) is 0 Å². The molecule has 4 heterocycles. The molecule has 178 valence electrons. The molecule has 0 fully saturated rings. The first-order valence-electron chi connectivity index (χ1n) is 8.01. The molecule has 0 aromatic carbocycles. The van der Waals surface area contributed by atoms with Crippen LogP contribution in [-0.2, 0) is 40.2 Å². The van der Waals surface area contributed by atoms with Gasteiger partial charge in [-0.05, 0) is 21.6 Å². The molecule has 0 aliphatic carbocycles. The van der Waals surface area contributed by atoms with Gasteiger partial charge in [-0.1, -0.05) is 111 Å². The van der Waals surface area contributed by atoms with Gasteiger partial charge >= 0.3 is 21.1 Å². The zero-order chi connectivity index (χ0) is 23.9. The van der Waals surface area contributed by atoms with E-state index in [1.165, 1.54) is 86.4 Å². The Bertz CT molecular complexity index is 662. The molecule has 0 N–H and O–H groups in total. The third-order valence-corrected chi connectivity index (χ3v) is 11.7. The molecule has 17 heteroatoms. The first-order chi connectivity index (χ1) is 15.2. The summed E-state index contributed by atoms with van der Waals surface area (Å²) in [4.78, 5) is 40.0. The SMILES string of the molecule is O=C([O-])C1C=CSS1.O=C([O-])C1C=CSS1.O=C([O-])C1C=CSS1.O=C([O-])C1C=CSS1.[Mo+4]. The van der Waals surface area contributed by atoms with Crippen LogP contribution in [-0.4, -0.2) is 44.9 Å². The average molecular weight is 685 g/mol. The third kappa shape index (κ3) is 15.1. The van der Waals surface area contributed by atoms with Crippen molar-refractivity contribution in [1.29, 1.82) is 0 Å². The third-order valence-electron chi connectivity index (χ3n) is 2.80. The molecule has 0 bridgehead atoms. The number of carbonyl (C=O) groups excluding carboxylic acids is 4. The quantitative estimate of drug-likeness (QED) is 0.288. The molecule has 33 heavy (non-hydrogen) atoms. The molecule has 4 aliphatic rings. The normalized spacial score (nSPS) is 25.5. The fraction of sp³-hybridized carbons (Fsp3) is 0.250. The molecule has 0 radical (unpaired) electrons. The Morgan fingerprint density at radius 3 is 0.697 bits per heavy atom. The van der Waals surface area contributed by atoms with Gasteiger partial charge in [0, 0.05) is 0 Å². The van der Waals surface area contributed by atoms with Gasteiger partial charge in [0.15, 0.2) is 0 Å². The van der Waals surface area contributed by atoms with Gasteiger partial charge in [-0.2, -0.15) is 0 Å². The van der Waals surface area contributed by atoms with Gasteiger partial charge in [0.25, 0.3) is 0 Å². The van der Waals surface area contributed by atoms with Crippen molar-refractivity contribution in [3.8, 4) is 0 Å². The van der Waals surface area contributed by atoms with Crippen LogP contribution in [0, 0.1) is 0 Å². The summed E-state index contributed by atoms with van der Waals surface area (Å²) in [6.07, 6.45) is 6.46. The Kier molecular flexibility index (Phi) is 19.7. The maximum atomic E-state index is 10.0. The molecule has 4 aliphatic heterocycles. The zero-order valence-electron chi connectivity index (χ0n) is 15.9. The zero-order valence-corrected chi connectivity index (χ0v) is 24.4. The van der Waals surface area contributed by atoms with Gasteiger partial charge in [0.1, 0.15) is 0 Å². The Balaban J connectivity index is 0.000000410. The van der Waals surface area contributed by atoms with Crippen molar-refractivity contribution >= 4 is 110 Å². The Labute approximate surface area is 235 Å². The van der Waals surface area contributed by atoms with E-state index in [0.717, 1.165) is 0 Å². The molecule has 8 nitrogen and oxygen atoms in total. The largest absolute Gasteiger partial charge is 4.00 e. The maximum Gasteiger partial charge on any atom is 4.00 e. The predicted molar refractivity (Wildman–Crippen MR) is 132 cm³/mol. The molecule has 0 saturated carbocycles. The van der Waals surface area contributed by atoms with Crippen molar-refractivity contribution in [2.45, 2.75) is 21.0 Å². The van der Waals surface area contributed by atoms with Crippen LogP contribution < -0.4 is 20.4 Å². The topological polar surface area (TPSA) is 161 Å². The van der Waals surface area contributed by atoms with E-state index in [2.05, 4.69) is 0 Å². The number of hydrogen-bond donors (Lipinski definition) is 0. The number of carbonyl (C=O) groups is 4. The summed E-state index contributed by atoms with van der Waals surface area (Å²) in [5, 5.41) is 45.3. The molecular weight excluding hydrogens is 673 g/mol. The molecule has 0 aromatic rings. The summed E-state index contributed by atoms with van der Waals surface area (Å²) < 4.78 is 0. The molecule has 4 unspecified atom stereocenters. The van der Waals surface area contributed by atoms with E-state index in [4.69, 9.17) is 0 Å². The smallest absolute Gasteiger partial charge is 0.549 e. The number of carboxylic acids is 4. The first kappa shape index (κ1) is 33.3. The van der Waals surface area contributed by atoms with Crippen molar-refractivity contribution in [3.63, 3.8) is 0 Å². The van der Waals surface area contributed by atoms with E-state index in [1.54, 1.807) is 45.9 Å². The van der Waals surface area contributed by atoms with Crippen LogP contribution in [0.15, 0.2) is 45.9 Å². The standard InChI is InChI=1S/4C4H4O2S2.Mo/c4*5-4(6)3-1-2-7-8-3;/h4*1-3H,(H,5,6);/q;;;;+4/p-4. The summed E-state index contributed by atoms with van der Waals surface area (Å²) in [7, 11) is 10.9. The van der Waals surface area contributed by atoms with Gasteiger partial charge < -0.3 is 39.6 Å². The second kappa shape index (κ2) is 19.5. The molecule has 0 aromatic heterocycles. The summed E-state index contributed by atoms with van der Waals surface area (Å²) in [5.41, 5.74) is 0. The Morgan fingerprint density at radius 1 is 0.455 bits per heavy atom. The van der Waals surface area contributed by atoms with Gasteiger partial charge in [-0.25, -0.2) is 0 Å². The van der Waals surface area contributed by atoms with Crippen molar-refractivity contribution in [3.05, 3.63) is 45.9 Å². The molecule has 0 spiro atoms. The van der Waals surface area contributed by atoms with Crippen molar-refractivity contribution in [2.24, 2.45) is 0 Å². The summed E-state index contributed by atoms with van der Waals surface area (Å²) >= 11 is 0. The van der Waals surface area contributed by atoms with Crippen LogP contribution in [0.2, 0.25) is 0 Å². The molecule has 0 saturated heterocycles. The van der Waals surface area contributed by atoms with Crippen molar-refractivity contribution < 1.29 is 60.7 Å². The van der Waals surface area contributed by atoms with E-state index >= 15 is 0 Å². The molecule has 4 rings (SSSR count). The summed E-state index contributed by atoms with van der Waals surface area (Å²) in [6.45, 7) is 0. The minimum Gasteiger partial charge on any atom is -0.549 e. The molecule has 4 atom stereocenters. The van der Waals surface area contributed by atoms with Crippen molar-refractivity contribution in [2.75, 3.05) is 0 Å². The Morgan fingerprint density at radius 2 is 0.636 bits per heavy atom. The van der Waals surface area contributed by atoms with Gasteiger partial charge in [0.05, 0.1) is 44.9 Å². The number of rotatable bonds is 4. The van der Waals surface area contributed by atoms with E-state index in [9.17, 15) is 39.6 Å². The van der Waals surface area contributed by atoms with Gasteiger partial charge in [-0.15, -0.1) is 0 Å². The summed E-state index contributed by atoms with van der Waals surface area (Å²) in [6, 6.07) is 0. The minimum atomic E-state index is -1.00. The number of aliphatic carboxylic acids is 4. The average Bonchev–Trinajstić information content (AvgIpc) is 3.56. The second-order valence-corrected chi connectivity index (χ2v) is 14.3. The van der Waals surface area contributed by atoms with E-state index < -0.39 is 44.9 Å². The summed E-state index contributed by atoms with van der Waals surface area (Å²) in [5.74, 6) is -4.01. The fourth-order valence-corrected chi connectivity index (χ4v) is 8.97. The first-order valence-corrected chi connectivity index (χ1v) is 17.1.